The molecule has 0 amide bonds. The normalized spacial score (nSPS) is 10.9. The zero-order valence-electron chi connectivity index (χ0n) is 12.4. The minimum absolute atomic E-state index is 0.411. The Balaban J connectivity index is 2.08. The summed E-state index contributed by atoms with van der Waals surface area (Å²) in [4.78, 5) is 6.20. The van der Waals surface area contributed by atoms with E-state index in [1.54, 1.807) is 0 Å². The van der Waals surface area contributed by atoms with Gasteiger partial charge in [0.1, 0.15) is 0 Å². The van der Waals surface area contributed by atoms with Crippen molar-refractivity contribution in [3.05, 3.63) is 41.4 Å². The van der Waals surface area contributed by atoms with Crippen LogP contribution in [0.15, 0.2) is 30.7 Å². The fraction of sp³-hybridized carbons (Fsp3) is 0.400. The third-order valence-corrected chi connectivity index (χ3v) is 3.51. The minimum atomic E-state index is 0.411. The summed E-state index contributed by atoms with van der Waals surface area (Å²) in [7, 11) is 3.96. The highest BCUT2D eigenvalue weighted by molar-refractivity contribution is 6.33. The lowest BCUT2D eigenvalue weighted by molar-refractivity contribution is 0.577. The standard InChI is InChI=1S/C15H21ClN4/c1-11(2)20-10-17-8-13(20)9-18-12-5-6-15(19(3)4)14(16)7-12/h5-8,10-11,18H,9H2,1-4H3. The maximum absolute atomic E-state index is 6.27. The highest BCUT2D eigenvalue weighted by atomic mass is 35.5. The van der Waals surface area contributed by atoms with Crippen molar-refractivity contribution in [2.75, 3.05) is 24.3 Å². The summed E-state index contributed by atoms with van der Waals surface area (Å²) in [6.07, 6.45) is 3.76. The van der Waals surface area contributed by atoms with Gasteiger partial charge in [0.2, 0.25) is 0 Å². The number of hydrogen-bond donors (Lipinski definition) is 1. The summed E-state index contributed by atoms with van der Waals surface area (Å²) in [6.45, 7) is 5.03. The Morgan fingerprint density at radius 3 is 2.70 bits per heavy atom. The van der Waals surface area contributed by atoms with Gasteiger partial charge in [0.05, 0.1) is 29.3 Å². The molecule has 0 fully saturated rings. The molecule has 5 heteroatoms. The molecule has 20 heavy (non-hydrogen) atoms. The van der Waals surface area contributed by atoms with E-state index in [2.05, 4.69) is 28.7 Å². The molecule has 1 aromatic carbocycles. The second-order valence-electron chi connectivity index (χ2n) is 5.30. The number of anilines is 2. The first-order chi connectivity index (χ1) is 9.49. The van der Waals surface area contributed by atoms with E-state index in [4.69, 9.17) is 11.6 Å². The number of nitrogens with one attached hydrogen (secondary N) is 1. The molecule has 0 radical (unpaired) electrons. The van der Waals surface area contributed by atoms with Crippen molar-refractivity contribution in [1.82, 2.24) is 9.55 Å². The lowest BCUT2D eigenvalue weighted by Gasteiger charge is -2.16. The third-order valence-electron chi connectivity index (χ3n) is 3.21. The van der Waals surface area contributed by atoms with Crippen LogP contribution in [0.3, 0.4) is 0 Å². The maximum atomic E-state index is 6.27. The smallest absolute Gasteiger partial charge is 0.0951 e. The van der Waals surface area contributed by atoms with Crippen LogP contribution in [-0.4, -0.2) is 23.6 Å². The van der Waals surface area contributed by atoms with Gasteiger partial charge in [-0.25, -0.2) is 4.98 Å². The molecule has 108 valence electrons. The molecule has 1 heterocycles. The molecular formula is C15H21ClN4. The van der Waals surface area contributed by atoms with Crippen LogP contribution in [0.25, 0.3) is 0 Å². The summed E-state index contributed by atoms with van der Waals surface area (Å²) in [5.41, 5.74) is 3.19. The van der Waals surface area contributed by atoms with E-state index in [-0.39, 0.29) is 0 Å². The van der Waals surface area contributed by atoms with Gasteiger partial charge in [-0.05, 0) is 32.0 Å². The summed E-state index contributed by atoms with van der Waals surface area (Å²) >= 11 is 6.27. The monoisotopic (exact) mass is 292 g/mol. The fourth-order valence-electron chi connectivity index (χ4n) is 2.11. The van der Waals surface area contributed by atoms with Crippen LogP contribution in [0, 0.1) is 0 Å². The Labute approximate surface area is 125 Å². The van der Waals surface area contributed by atoms with Crippen LogP contribution in [0.1, 0.15) is 25.6 Å². The summed E-state index contributed by atoms with van der Waals surface area (Å²) in [5.74, 6) is 0. The molecule has 0 unspecified atom stereocenters. The summed E-state index contributed by atoms with van der Waals surface area (Å²) in [5, 5.41) is 4.13. The predicted molar refractivity (Wildman–Crippen MR) is 85.7 cm³/mol. The molecule has 0 spiro atoms. The van der Waals surface area contributed by atoms with E-state index in [9.17, 15) is 0 Å². The molecule has 2 aromatic rings. The molecule has 2 rings (SSSR count). The van der Waals surface area contributed by atoms with E-state index in [1.165, 1.54) is 0 Å². The van der Waals surface area contributed by atoms with Gasteiger partial charge in [0.25, 0.3) is 0 Å². The van der Waals surface area contributed by atoms with Crippen LogP contribution < -0.4 is 10.2 Å². The van der Waals surface area contributed by atoms with Crippen molar-refractivity contribution < 1.29 is 0 Å². The quantitative estimate of drug-likeness (QED) is 0.910. The molecule has 0 atom stereocenters. The molecule has 0 saturated carbocycles. The van der Waals surface area contributed by atoms with Gasteiger partial charge in [-0.15, -0.1) is 0 Å². The minimum Gasteiger partial charge on any atom is -0.379 e. The molecule has 4 nitrogen and oxygen atoms in total. The van der Waals surface area contributed by atoms with Gasteiger partial charge in [-0.3, -0.25) is 0 Å². The third kappa shape index (κ3) is 3.25. The Bertz CT molecular complexity index is 575. The number of imidazole rings is 1. The van der Waals surface area contributed by atoms with Crippen molar-refractivity contribution in [3.63, 3.8) is 0 Å². The van der Waals surface area contributed by atoms with Crippen LogP contribution in [0.2, 0.25) is 5.02 Å². The van der Waals surface area contributed by atoms with Crippen molar-refractivity contribution in [1.29, 1.82) is 0 Å². The number of aromatic nitrogens is 2. The van der Waals surface area contributed by atoms with Crippen molar-refractivity contribution in [3.8, 4) is 0 Å². The lowest BCUT2D eigenvalue weighted by Crippen LogP contribution is -2.10. The van der Waals surface area contributed by atoms with Gasteiger partial charge >= 0.3 is 0 Å². The highest BCUT2D eigenvalue weighted by Crippen LogP contribution is 2.27. The maximum Gasteiger partial charge on any atom is 0.0951 e. The average molecular weight is 293 g/mol. The Morgan fingerprint density at radius 1 is 1.35 bits per heavy atom. The fourth-order valence-corrected chi connectivity index (χ4v) is 2.46. The molecule has 0 aliphatic carbocycles. The molecule has 0 aliphatic rings. The average Bonchev–Trinajstić information content (AvgIpc) is 2.84. The van der Waals surface area contributed by atoms with Gasteiger partial charge in [-0.2, -0.15) is 0 Å². The zero-order valence-corrected chi connectivity index (χ0v) is 13.1. The number of rotatable bonds is 5. The molecule has 0 bridgehead atoms. The van der Waals surface area contributed by atoms with Crippen molar-refractivity contribution in [2.45, 2.75) is 26.4 Å². The van der Waals surface area contributed by atoms with E-state index >= 15 is 0 Å². The number of halogens is 1. The van der Waals surface area contributed by atoms with Gasteiger partial charge in [0.15, 0.2) is 0 Å². The van der Waals surface area contributed by atoms with E-state index < -0.39 is 0 Å². The second-order valence-corrected chi connectivity index (χ2v) is 5.71. The largest absolute Gasteiger partial charge is 0.379 e. The van der Waals surface area contributed by atoms with Gasteiger partial charge in [-0.1, -0.05) is 11.6 Å². The molecule has 1 aromatic heterocycles. The molecular weight excluding hydrogens is 272 g/mol. The number of hydrogen-bond acceptors (Lipinski definition) is 3. The first-order valence-electron chi connectivity index (χ1n) is 6.70. The summed E-state index contributed by atoms with van der Waals surface area (Å²) in [6, 6.07) is 6.42. The van der Waals surface area contributed by atoms with E-state index in [0.717, 1.165) is 28.6 Å². The lowest BCUT2D eigenvalue weighted by atomic mass is 10.2. The highest BCUT2D eigenvalue weighted by Gasteiger charge is 2.07. The molecule has 1 N–H and O–H groups in total. The predicted octanol–water partition coefficient (Wildman–Crippen LogP) is 3.80. The SMILES string of the molecule is CC(C)n1cncc1CNc1ccc(N(C)C)c(Cl)c1. The van der Waals surface area contributed by atoms with Gasteiger partial charge < -0.3 is 14.8 Å². The summed E-state index contributed by atoms with van der Waals surface area (Å²) < 4.78 is 2.16. The second kappa shape index (κ2) is 6.18. The zero-order chi connectivity index (χ0) is 14.7. The molecule has 0 aliphatic heterocycles. The number of nitrogens with zero attached hydrogens (tertiary/aromatic N) is 3. The first kappa shape index (κ1) is 14.7. The topological polar surface area (TPSA) is 33.1 Å². The van der Waals surface area contributed by atoms with Crippen LogP contribution in [0.5, 0.6) is 0 Å². The first-order valence-corrected chi connectivity index (χ1v) is 7.08. The van der Waals surface area contributed by atoms with E-state index in [1.807, 2.05) is 49.7 Å². The van der Waals surface area contributed by atoms with Crippen LogP contribution in [0.4, 0.5) is 11.4 Å². The number of benzene rings is 1. The van der Waals surface area contributed by atoms with Crippen LogP contribution in [-0.2, 0) is 6.54 Å². The van der Waals surface area contributed by atoms with E-state index in [0.29, 0.717) is 6.04 Å². The Hall–Kier alpha value is -1.68. The van der Waals surface area contributed by atoms with Crippen molar-refractivity contribution in [2.24, 2.45) is 0 Å². The Morgan fingerprint density at radius 2 is 2.10 bits per heavy atom. The molecule has 0 saturated heterocycles. The van der Waals surface area contributed by atoms with Crippen molar-refractivity contribution >= 4 is 23.0 Å². The van der Waals surface area contributed by atoms with Crippen LogP contribution >= 0.6 is 11.6 Å². The van der Waals surface area contributed by atoms with Gasteiger partial charge in [0, 0.05) is 32.0 Å². The Kier molecular flexibility index (Phi) is 4.55.